The van der Waals surface area contributed by atoms with Crippen LogP contribution in [0.5, 0.6) is 11.5 Å². The van der Waals surface area contributed by atoms with Gasteiger partial charge < -0.3 is 31.2 Å². The highest BCUT2D eigenvalue weighted by Gasteiger charge is 2.28. The molecular weight excluding hydrogens is 420 g/mol. The lowest BCUT2D eigenvalue weighted by Crippen LogP contribution is -2.17. The zero-order chi connectivity index (χ0) is 23.4. The normalized spacial score (nSPS) is 12.0. The second-order valence-corrected chi connectivity index (χ2v) is 7.48. The first-order valence-corrected chi connectivity index (χ1v) is 10.6. The molecule has 0 aliphatic carbocycles. The predicted octanol–water partition coefficient (Wildman–Crippen LogP) is 3.24. The summed E-state index contributed by atoms with van der Waals surface area (Å²) in [4.78, 5) is 25.5. The van der Waals surface area contributed by atoms with Gasteiger partial charge in [0.1, 0.15) is 0 Å². The van der Waals surface area contributed by atoms with Gasteiger partial charge in [0.25, 0.3) is 11.8 Å². The Morgan fingerprint density at radius 2 is 1.82 bits per heavy atom. The minimum atomic E-state index is -0.297. The minimum absolute atomic E-state index is 0.231. The van der Waals surface area contributed by atoms with Crippen LogP contribution in [0.3, 0.4) is 0 Å². The molecule has 5 N–H and O–H groups in total. The second kappa shape index (κ2) is 9.62. The molecule has 0 radical (unpaired) electrons. The van der Waals surface area contributed by atoms with Gasteiger partial charge in [-0.25, -0.2) is 0 Å². The first kappa shape index (κ1) is 22.2. The summed E-state index contributed by atoms with van der Waals surface area (Å²) in [6.45, 7) is 1.53. The second-order valence-electron chi connectivity index (χ2n) is 7.48. The number of anilines is 2. The number of hydrogen-bond acceptors (Lipinski definition) is 6. The lowest BCUT2D eigenvalue weighted by Gasteiger charge is -2.16. The van der Waals surface area contributed by atoms with Crippen LogP contribution in [-0.4, -0.2) is 39.1 Å². The van der Waals surface area contributed by atoms with E-state index in [1.807, 2.05) is 36.4 Å². The summed E-state index contributed by atoms with van der Waals surface area (Å²) in [7, 11) is 3.16. The van der Waals surface area contributed by atoms with E-state index in [-0.39, 0.29) is 11.8 Å². The van der Waals surface area contributed by atoms with Gasteiger partial charge >= 0.3 is 0 Å². The van der Waals surface area contributed by atoms with Gasteiger partial charge in [-0.3, -0.25) is 9.59 Å². The third-order valence-corrected chi connectivity index (χ3v) is 5.53. The Morgan fingerprint density at radius 1 is 1.03 bits per heavy atom. The number of carbonyl (C=O) groups is 2. The number of carbonyl (C=O) groups excluding carboxylic acids is 2. The van der Waals surface area contributed by atoms with Crippen molar-refractivity contribution in [3.05, 3.63) is 71.3 Å². The third-order valence-electron chi connectivity index (χ3n) is 5.53. The number of para-hydroxylation sites is 1. The maximum atomic E-state index is 12.9. The maximum Gasteiger partial charge on any atom is 0.255 e. The summed E-state index contributed by atoms with van der Waals surface area (Å²) >= 11 is 0. The highest BCUT2D eigenvalue weighted by molar-refractivity contribution is 6.11. The lowest BCUT2D eigenvalue weighted by atomic mass is 9.94. The number of benzene rings is 3. The molecule has 0 saturated carbocycles. The Balaban J connectivity index is 1.66. The third kappa shape index (κ3) is 4.33. The van der Waals surface area contributed by atoms with Crippen molar-refractivity contribution < 1.29 is 19.1 Å². The fourth-order valence-corrected chi connectivity index (χ4v) is 3.95. The molecule has 170 valence electrons. The molecular formula is C25H26N4O4. The molecule has 0 fully saturated rings. The number of hydrogen-bond donors (Lipinski definition) is 4. The topological polar surface area (TPSA) is 115 Å². The molecule has 0 atom stereocenters. The van der Waals surface area contributed by atoms with Crippen LogP contribution < -0.4 is 31.2 Å². The molecule has 4 rings (SSSR count). The number of rotatable bonds is 8. The smallest absolute Gasteiger partial charge is 0.255 e. The molecule has 33 heavy (non-hydrogen) atoms. The van der Waals surface area contributed by atoms with Crippen LogP contribution in [0.2, 0.25) is 0 Å². The largest absolute Gasteiger partial charge is 0.493 e. The van der Waals surface area contributed by atoms with E-state index in [9.17, 15) is 9.59 Å². The van der Waals surface area contributed by atoms with Crippen molar-refractivity contribution in [2.45, 2.75) is 6.54 Å². The Morgan fingerprint density at radius 3 is 2.52 bits per heavy atom. The summed E-state index contributed by atoms with van der Waals surface area (Å²) in [6, 6.07) is 16.3. The maximum absolute atomic E-state index is 12.9. The van der Waals surface area contributed by atoms with E-state index in [2.05, 4.69) is 16.0 Å². The van der Waals surface area contributed by atoms with Gasteiger partial charge in [0.2, 0.25) is 0 Å². The number of amides is 2. The van der Waals surface area contributed by atoms with Gasteiger partial charge in [-0.1, -0.05) is 18.2 Å². The number of fused-ring (bicyclic) bond motifs is 1. The summed E-state index contributed by atoms with van der Waals surface area (Å²) < 4.78 is 11.0. The highest BCUT2D eigenvalue weighted by atomic mass is 16.5. The standard InChI is InChI=1S/C25H26N4O4/c1-32-21-5-3-4-18(23(21)33-2)17-10-11-20(22-19(17)14-28-25(22)31)29-24(30)15-6-8-16(9-7-15)27-13-12-26/h3-11,27H,12-14,26H2,1-2H3,(H,28,31)(H,29,30). The Labute approximate surface area is 192 Å². The molecule has 0 aromatic heterocycles. The quantitative estimate of drug-likeness (QED) is 0.422. The molecule has 1 heterocycles. The van der Waals surface area contributed by atoms with Gasteiger partial charge in [0.15, 0.2) is 11.5 Å². The molecule has 1 aliphatic heterocycles. The fourth-order valence-electron chi connectivity index (χ4n) is 3.95. The van der Waals surface area contributed by atoms with E-state index in [1.54, 1.807) is 32.4 Å². The van der Waals surface area contributed by atoms with Crippen LogP contribution in [0.4, 0.5) is 11.4 Å². The molecule has 2 amide bonds. The number of ether oxygens (including phenoxy) is 2. The number of methoxy groups -OCH3 is 2. The molecule has 0 spiro atoms. The van der Waals surface area contributed by atoms with Crippen molar-refractivity contribution in [2.24, 2.45) is 5.73 Å². The van der Waals surface area contributed by atoms with Gasteiger partial charge in [-0.2, -0.15) is 0 Å². The predicted molar refractivity (Wildman–Crippen MR) is 128 cm³/mol. The Bertz CT molecular complexity index is 1190. The van der Waals surface area contributed by atoms with Crippen LogP contribution >= 0.6 is 0 Å². The summed E-state index contributed by atoms with van der Waals surface area (Å²) in [5.41, 5.74) is 10.2. The monoisotopic (exact) mass is 446 g/mol. The van der Waals surface area contributed by atoms with Crippen molar-refractivity contribution >= 4 is 23.2 Å². The number of nitrogens with two attached hydrogens (primary N) is 1. The van der Waals surface area contributed by atoms with E-state index in [1.165, 1.54) is 0 Å². The molecule has 3 aromatic carbocycles. The van der Waals surface area contributed by atoms with Gasteiger partial charge in [-0.05, 0) is 47.5 Å². The van der Waals surface area contributed by atoms with E-state index in [0.717, 1.165) is 22.4 Å². The molecule has 0 unspecified atom stereocenters. The fraction of sp³-hybridized carbons (Fsp3) is 0.200. The van der Waals surface area contributed by atoms with Crippen molar-refractivity contribution in [1.82, 2.24) is 5.32 Å². The van der Waals surface area contributed by atoms with Crippen molar-refractivity contribution in [3.8, 4) is 22.6 Å². The van der Waals surface area contributed by atoms with Crippen LogP contribution in [-0.2, 0) is 6.54 Å². The van der Waals surface area contributed by atoms with Crippen LogP contribution in [0.1, 0.15) is 26.3 Å². The average Bonchev–Trinajstić information content (AvgIpc) is 3.24. The van der Waals surface area contributed by atoms with Crippen molar-refractivity contribution in [2.75, 3.05) is 37.9 Å². The summed E-state index contributed by atoms with van der Waals surface area (Å²) in [6.07, 6.45) is 0. The van der Waals surface area contributed by atoms with Gasteiger partial charge in [0.05, 0.1) is 25.5 Å². The van der Waals surface area contributed by atoms with E-state index < -0.39 is 0 Å². The zero-order valence-corrected chi connectivity index (χ0v) is 18.5. The van der Waals surface area contributed by atoms with E-state index in [0.29, 0.717) is 47.9 Å². The first-order chi connectivity index (χ1) is 16.1. The van der Waals surface area contributed by atoms with Gasteiger partial charge in [-0.15, -0.1) is 0 Å². The number of nitrogens with one attached hydrogen (secondary N) is 3. The minimum Gasteiger partial charge on any atom is -0.493 e. The SMILES string of the molecule is COc1cccc(-c2ccc(NC(=O)c3ccc(NCCN)cc3)c3c2CNC3=O)c1OC. The van der Waals surface area contributed by atoms with Crippen molar-refractivity contribution in [1.29, 1.82) is 0 Å². The molecule has 0 saturated heterocycles. The molecule has 8 heteroatoms. The Hall–Kier alpha value is -4.04. The van der Waals surface area contributed by atoms with Crippen LogP contribution in [0.15, 0.2) is 54.6 Å². The first-order valence-electron chi connectivity index (χ1n) is 10.6. The zero-order valence-electron chi connectivity index (χ0n) is 18.5. The van der Waals surface area contributed by atoms with E-state index >= 15 is 0 Å². The highest BCUT2D eigenvalue weighted by Crippen LogP contribution is 2.42. The molecule has 0 bridgehead atoms. The average molecular weight is 447 g/mol. The molecule has 1 aliphatic rings. The summed E-state index contributed by atoms with van der Waals surface area (Å²) in [5.74, 6) is 0.656. The van der Waals surface area contributed by atoms with Crippen LogP contribution in [0, 0.1) is 0 Å². The molecule has 3 aromatic rings. The lowest BCUT2D eigenvalue weighted by molar-refractivity contribution is 0.0966. The summed E-state index contributed by atoms with van der Waals surface area (Å²) in [5, 5.41) is 8.91. The van der Waals surface area contributed by atoms with Crippen LogP contribution in [0.25, 0.3) is 11.1 Å². The van der Waals surface area contributed by atoms with E-state index in [4.69, 9.17) is 15.2 Å². The Kier molecular flexibility index (Phi) is 6.46. The van der Waals surface area contributed by atoms with Gasteiger partial charge in [0, 0.05) is 36.4 Å². The van der Waals surface area contributed by atoms with Crippen molar-refractivity contribution in [3.63, 3.8) is 0 Å². The molecule has 8 nitrogen and oxygen atoms in total.